The molecule has 1 saturated carbocycles. The molecule has 0 bridgehead atoms. The lowest BCUT2D eigenvalue weighted by Gasteiger charge is -2.45. The summed E-state index contributed by atoms with van der Waals surface area (Å²) < 4.78 is 13.1. The van der Waals surface area contributed by atoms with Crippen LogP contribution in [0.1, 0.15) is 61.9 Å². The van der Waals surface area contributed by atoms with Crippen LogP contribution in [0.5, 0.6) is 0 Å². The van der Waals surface area contributed by atoms with Gasteiger partial charge in [-0.2, -0.15) is 0 Å². The summed E-state index contributed by atoms with van der Waals surface area (Å²) >= 11 is 2.74. The summed E-state index contributed by atoms with van der Waals surface area (Å²) in [6.07, 6.45) is 9.73. The van der Waals surface area contributed by atoms with E-state index in [0.717, 1.165) is 38.5 Å². The number of rotatable bonds is 12. The number of likely N-dealkylation sites (tertiary alicyclic amines) is 1. The van der Waals surface area contributed by atoms with Crippen molar-refractivity contribution in [2.75, 3.05) is 19.0 Å². The van der Waals surface area contributed by atoms with Gasteiger partial charge in [0, 0.05) is 24.1 Å². The molecular formula is C21H29FN2O4S2. The molecule has 9 heteroatoms. The molecule has 1 saturated heterocycles. The number of unbranched alkanes of at least 4 members (excludes halogenated alkanes) is 1. The van der Waals surface area contributed by atoms with Gasteiger partial charge in [0.2, 0.25) is 5.91 Å². The topological polar surface area (TPSA) is 90.7 Å². The molecule has 0 spiro atoms. The third kappa shape index (κ3) is 5.62. The quantitative estimate of drug-likeness (QED) is 0.279. The molecule has 166 valence electrons. The molecule has 2 heterocycles. The predicted octanol–water partition coefficient (Wildman–Crippen LogP) is 4.15. The zero-order valence-corrected chi connectivity index (χ0v) is 18.6. The molecule has 1 amide bonds. The van der Waals surface area contributed by atoms with Crippen molar-refractivity contribution in [2.45, 2.75) is 67.9 Å². The molecule has 1 aromatic heterocycles. The average molecular weight is 457 g/mol. The van der Waals surface area contributed by atoms with Crippen LogP contribution in [0.3, 0.4) is 0 Å². The highest BCUT2D eigenvalue weighted by molar-refractivity contribution is 8.01. The van der Waals surface area contributed by atoms with E-state index in [2.05, 4.69) is 4.98 Å². The van der Waals surface area contributed by atoms with Crippen LogP contribution >= 0.6 is 23.1 Å². The third-order valence-electron chi connectivity index (χ3n) is 6.19. The van der Waals surface area contributed by atoms with E-state index in [9.17, 15) is 19.1 Å². The van der Waals surface area contributed by atoms with Gasteiger partial charge in [0.05, 0.1) is 18.8 Å². The zero-order chi connectivity index (χ0) is 21.6. The number of hydrogen-bond acceptors (Lipinski definition) is 6. The maximum Gasteiger partial charge on any atom is 0.355 e. The van der Waals surface area contributed by atoms with E-state index in [-0.39, 0.29) is 29.7 Å². The van der Waals surface area contributed by atoms with Crippen molar-refractivity contribution in [2.24, 2.45) is 5.41 Å². The first-order valence-electron chi connectivity index (χ1n) is 10.5. The van der Waals surface area contributed by atoms with Gasteiger partial charge in [0.15, 0.2) is 10.0 Å². The molecule has 1 aliphatic heterocycles. The number of amides is 1. The van der Waals surface area contributed by atoms with Crippen molar-refractivity contribution >= 4 is 35.0 Å². The number of thioether (sulfide) groups is 1. The molecule has 2 atom stereocenters. The van der Waals surface area contributed by atoms with Gasteiger partial charge in [-0.05, 0) is 37.5 Å². The predicted molar refractivity (Wildman–Crippen MR) is 116 cm³/mol. The van der Waals surface area contributed by atoms with Gasteiger partial charge < -0.3 is 15.1 Å². The van der Waals surface area contributed by atoms with E-state index in [4.69, 9.17) is 5.11 Å². The van der Waals surface area contributed by atoms with Crippen LogP contribution in [-0.2, 0) is 4.79 Å². The molecule has 2 N–H and O–H groups in total. The van der Waals surface area contributed by atoms with Crippen molar-refractivity contribution in [3.05, 3.63) is 23.2 Å². The molecule has 0 radical (unpaired) electrons. The number of aromatic carboxylic acids is 1. The van der Waals surface area contributed by atoms with E-state index < -0.39 is 12.1 Å². The van der Waals surface area contributed by atoms with E-state index in [1.54, 1.807) is 0 Å². The van der Waals surface area contributed by atoms with E-state index in [1.807, 2.05) is 17.1 Å². The van der Waals surface area contributed by atoms with Crippen LogP contribution in [0.2, 0.25) is 0 Å². The number of aromatic nitrogens is 1. The number of carbonyl (C=O) groups excluding carboxylic acids is 1. The van der Waals surface area contributed by atoms with Crippen molar-refractivity contribution in [3.8, 4) is 0 Å². The maximum atomic E-state index is 12.4. The molecule has 6 nitrogen and oxygen atoms in total. The number of thiazole rings is 1. The molecular weight excluding hydrogens is 427 g/mol. The minimum Gasteiger partial charge on any atom is -0.476 e. The van der Waals surface area contributed by atoms with Gasteiger partial charge in [0.25, 0.3) is 0 Å². The zero-order valence-electron chi connectivity index (χ0n) is 17.0. The highest BCUT2D eigenvalue weighted by Gasteiger charge is 2.41. The Morgan fingerprint density at radius 3 is 2.90 bits per heavy atom. The van der Waals surface area contributed by atoms with Crippen LogP contribution in [0, 0.1) is 5.41 Å². The van der Waals surface area contributed by atoms with Crippen molar-refractivity contribution < 1.29 is 24.2 Å². The summed E-state index contributed by atoms with van der Waals surface area (Å²) in [7, 11) is 0. The van der Waals surface area contributed by atoms with Crippen LogP contribution in [0.25, 0.3) is 0 Å². The highest BCUT2D eigenvalue weighted by Crippen LogP contribution is 2.48. The number of alkyl halides is 1. The Morgan fingerprint density at radius 2 is 2.27 bits per heavy atom. The molecule has 1 aromatic rings. The molecule has 3 rings (SSSR count). The van der Waals surface area contributed by atoms with Crippen LogP contribution < -0.4 is 0 Å². The van der Waals surface area contributed by atoms with Gasteiger partial charge in [-0.1, -0.05) is 36.8 Å². The van der Waals surface area contributed by atoms with Gasteiger partial charge >= 0.3 is 5.97 Å². The number of carboxylic acids is 1. The SMILES string of the molecule is O=C(O)c1csc(SCCN2C(=O)CC[C@@H]2C=C[C@@H](O)C2(CCCCF)CCC2)n1. The summed E-state index contributed by atoms with van der Waals surface area (Å²) in [5, 5.41) is 21.2. The molecule has 30 heavy (non-hydrogen) atoms. The Morgan fingerprint density at radius 1 is 1.47 bits per heavy atom. The summed E-state index contributed by atoms with van der Waals surface area (Å²) in [5.41, 5.74) is -0.0762. The minimum absolute atomic E-state index is 0.0263. The van der Waals surface area contributed by atoms with Crippen LogP contribution in [-0.4, -0.2) is 63.1 Å². The fourth-order valence-corrected chi connectivity index (χ4v) is 6.04. The van der Waals surface area contributed by atoms with E-state index >= 15 is 0 Å². The van der Waals surface area contributed by atoms with Crippen molar-refractivity contribution in [3.63, 3.8) is 0 Å². The van der Waals surface area contributed by atoms with Gasteiger partial charge in [0.1, 0.15) is 0 Å². The first-order chi connectivity index (χ1) is 14.4. The Hall–Kier alpha value is -1.45. The van der Waals surface area contributed by atoms with Gasteiger partial charge in [-0.3, -0.25) is 9.18 Å². The van der Waals surface area contributed by atoms with Gasteiger partial charge in [-0.25, -0.2) is 9.78 Å². The number of halogens is 1. The maximum absolute atomic E-state index is 12.4. The number of carboxylic acid groups (broad SMARTS) is 1. The molecule has 0 unspecified atom stereocenters. The van der Waals surface area contributed by atoms with Crippen molar-refractivity contribution in [1.29, 1.82) is 0 Å². The number of carbonyl (C=O) groups is 2. The fraction of sp³-hybridized carbons (Fsp3) is 0.667. The van der Waals surface area contributed by atoms with Gasteiger partial charge in [-0.15, -0.1) is 11.3 Å². The lowest BCUT2D eigenvalue weighted by molar-refractivity contribution is -0.128. The lowest BCUT2D eigenvalue weighted by Crippen LogP contribution is -2.41. The standard InChI is InChI=1S/C21H29FN2O4S2/c22-11-2-1-8-21(9-3-10-21)17(25)6-4-15-5-7-18(26)24(15)12-13-29-20-23-16(14-30-20)19(27)28/h4,6,14-15,17,25H,1-3,5,7-13H2,(H,27,28)/t15-,17+/m0/s1. The second-order valence-corrected chi connectivity index (χ2v) is 10.2. The third-order valence-corrected chi connectivity index (χ3v) is 8.19. The Kier molecular flexibility index (Phi) is 8.30. The minimum atomic E-state index is -1.04. The second kappa shape index (κ2) is 10.7. The van der Waals surface area contributed by atoms with Crippen LogP contribution in [0.4, 0.5) is 4.39 Å². The highest BCUT2D eigenvalue weighted by atomic mass is 32.2. The Bertz CT molecular complexity index is 766. The normalized spacial score (nSPS) is 21.9. The molecule has 2 aliphatic rings. The molecule has 2 fully saturated rings. The summed E-state index contributed by atoms with van der Waals surface area (Å²) in [4.78, 5) is 29.1. The fourth-order valence-electron chi connectivity index (χ4n) is 4.23. The smallest absolute Gasteiger partial charge is 0.355 e. The summed E-state index contributed by atoms with van der Waals surface area (Å²) in [6.45, 7) is 0.246. The Labute approximate surface area is 184 Å². The number of nitrogens with zero attached hydrogens (tertiary/aromatic N) is 2. The van der Waals surface area contributed by atoms with E-state index in [1.165, 1.54) is 28.5 Å². The second-order valence-electron chi connectivity index (χ2n) is 8.04. The first-order valence-corrected chi connectivity index (χ1v) is 12.4. The first kappa shape index (κ1) is 23.2. The largest absolute Gasteiger partial charge is 0.476 e. The molecule has 1 aliphatic carbocycles. The molecule has 0 aromatic carbocycles. The Balaban J connectivity index is 1.51. The summed E-state index contributed by atoms with van der Waals surface area (Å²) in [6, 6.07) is -0.0263. The lowest BCUT2D eigenvalue weighted by atomic mass is 9.62. The average Bonchev–Trinajstić information content (AvgIpc) is 3.30. The number of hydrogen-bond donors (Lipinski definition) is 2. The number of aliphatic hydroxyl groups is 1. The van der Waals surface area contributed by atoms with Crippen molar-refractivity contribution in [1.82, 2.24) is 9.88 Å². The monoisotopic (exact) mass is 456 g/mol. The summed E-state index contributed by atoms with van der Waals surface area (Å²) in [5.74, 6) is -0.296. The number of aliphatic hydroxyl groups excluding tert-OH is 1. The van der Waals surface area contributed by atoms with E-state index in [0.29, 0.717) is 29.5 Å². The van der Waals surface area contributed by atoms with Crippen LogP contribution in [0.15, 0.2) is 21.9 Å².